The molecule has 2 aromatic rings. The maximum atomic E-state index is 5.80. The minimum absolute atomic E-state index is 0.243. The summed E-state index contributed by atoms with van der Waals surface area (Å²) in [5.41, 5.74) is 2.28. The number of ether oxygens (including phenoxy) is 1. The first kappa shape index (κ1) is 20.5. The number of nitrogens with zero attached hydrogens (tertiary/aromatic N) is 3. The quantitative estimate of drug-likeness (QED) is 0.393. The lowest BCUT2D eigenvalue weighted by atomic mass is 10.1. The van der Waals surface area contributed by atoms with E-state index in [9.17, 15) is 0 Å². The van der Waals surface area contributed by atoms with Gasteiger partial charge >= 0.3 is 0 Å². The van der Waals surface area contributed by atoms with Gasteiger partial charge in [-0.05, 0) is 57.7 Å². The lowest BCUT2D eigenvalue weighted by Gasteiger charge is -2.21. The van der Waals surface area contributed by atoms with Gasteiger partial charge in [-0.1, -0.05) is 0 Å². The Bertz CT molecular complexity index is 717. The van der Waals surface area contributed by atoms with Crippen LogP contribution in [0.4, 0.5) is 0 Å². The number of aromatic nitrogens is 2. The third-order valence-corrected chi connectivity index (χ3v) is 4.91. The van der Waals surface area contributed by atoms with Crippen molar-refractivity contribution in [3.05, 3.63) is 41.6 Å². The molecule has 7 nitrogen and oxygen atoms in total. The minimum atomic E-state index is 0.243. The smallest absolute Gasteiger partial charge is 0.191 e. The third kappa shape index (κ3) is 6.71. The molecule has 1 aliphatic rings. The first-order valence-corrected chi connectivity index (χ1v) is 10.4. The molecule has 3 rings (SSSR count). The zero-order chi connectivity index (χ0) is 19.6. The summed E-state index contributed by atoms with van der Waals surface area (Å²) in [6, 6.07) is 6.03. The predicted molar refractivity (Wildman–Crippen MR) is 111 cm³/mol. The van der Waals surface area contributed by atoms with Crippen LogP contribution in [-0.2, 0) is 17.7 Å². The fourth-order valence-electron chi connectivity index (χ4n) is 3.41. The van der Waals surface area contributed by atoms with Gasteiger partial charge in [0, 0.05) is 38.4 Å². The van der Waals surface area contributed by atoms with E-state index in [4.69, 9.17) is 14.1 Å². The Hall–Kier alpha value is -2.28. The Labute approximate surface area is 167 Å². The van der Waals surface area contributed by atoms with Crippen molar-refractivity contribution in [1.29, 1.82) is 0 Å². The van der Waals surface area contributed by atoms with Gasteiger partial charge in [0.05, 0.1) is 24.6 Å². The predicted octanol–water partition coefficient (Wildman–Crippen LogP) is 2.83. The number of aliphatic imine (C=N–C) groups is 1. The number of nitrogens with one attached hydrogen (secondary N) is 2. The van der Waals surface area contributed by atoms with E-state index in [1.807, 2.05) is 19.1 Å². The van der Waals surface area contributed by atoms with E-state index in [0.29, 0.717) is 6.54 Å². The average molecular weight is 388 g/mol. The second-order valence-electron chi connectivity index (χ2n) is 7.36. The van der Waals surface area contributed by atoms with Gasteiger partial charge in [0.25, 0.3) is 0 Å². The molecule has 0 saturated carbocycles. The number of hydrogen-bond donors (Lipinski definition) is 2. The Morgan fingerprint density at radius 3 is 2.89 bits per heavy atom. The zero-order valence-corrected chi connectivity index (χ0v) is 17.1. The van der Waals surface area contributed by atoms with Crippen molar-refractivity contribution in [1.82, 2.24) is 20.4 Å². The molecule has 7 heteroatoms. The first-order chi connectivity index (χ1) is 13.7. The van der Waals surface area contributed by atoms with Crippen LogP contribution in [0.1, 0.15) is 42.8 Å². The molecule has 0 spiro atoms. The SMILES string of the molecule is Cc1cc(C)n(CCCNC(=NCC2CCCCO2)NCCc2ccco2)n1. The number of furan rings is 1. The molecule has 28 heavy (non-hydrogen) atoms. The highest BCUT2D eigenvalue weighted by Gasteiger charge is 2.13. The summed E-state index contributed by atoms with van der Waals surface area (Å²) in [7, 11) is 0. The molecule has 0 radical (unpaired) electrons. The van der Waals surface area contributed by atoms with Crippen LogP contribution in [0, 0.1) is 13.8 Å². The van der Waals surface area contributed by atoms with Crippen LogP contribution in [0.15, 0.2) is 33.9 Å². The fraction of sp³-hybridized carbons (Fsp3) is 0.619. The fourth-order valence-corrected chi connectivity index (χ4v) is 3.41. The van der Waals surface area contributed by atoms with Gasteiger partial charge in [0.15, 0.2) is 5.96 Å². The van der Waals surface area contributed by atoms with Gasteiger partial charge < -0.3 is 19.8 Å². The van der Waals surface area contributed by atoms with Gasteiger partial charge in [-0.3, -0.25) is 9.67 Å². The number of guanidine groups is 1. The first-order valence-electron chi connectivity index (χ1n) is 10.4. The summed E-state index contributed by atoms with van der Waals surface area (Å²) in [5.74, 6) is 1.82. The van der Waals surface area contributed by atoms with Crippen molar-refractivity contribution in [2.45, 2.75) is 58.6 Å². The highest BCUT2D eigenvalue weighted by Crippen LogP contribution is 2.12. The van der Waals surface area contributed by atoms with Crippen LogP contribution >= 0.6 is 0 Å². The average Bonchev–Trinajstić information content (AvgIpc) is 3.32. The molecule has 1 saturated heterocycles. The van der Waals surface area contributed by atoms with Crippen molar-refractivity contribution >= 4 is 5.96 Å². The van der Waals surface area contributed by atoms with Crippen LogP contribution in [0.5, 0.6) is 0 Å². The molecule has 1 unspecified atom stereocenters. The van der Waals surface area contributed by atoms with Gasteiger partial charge in [0.2, 0.25) is 0 Å². The van der Waals surface area contributed by atoms with Crippen LogP contribution in [-0.4, -0.2) is 48.1 Å². The lowest BCUT2D eigenvalue weighted by molar-refractivity contribution is 0.0224. The maximum Gasteiger partial charge on any atom is 0.191 e. The Morgan fingerprint density at radius 2 is 2.18 bits per heavy atom. The Kier molecular flexibility index (Phi) is 7.96. The summed E-state index contributed by atoms with van der Waals surface area (Å²) >= 11 is 0. The van der Waals surface area contributed by atoms with Crippen molar-refractivity contribution in [3.8, 4) is 0 Å². The molecule has 1 aliphatic heterocycles. The minimum Gasteiger partial charge on any atom is -0.469 e. The standard InChI is InChI=1S/C21H33N5O2/c1-17-15-18(2)26(25-17)12-6-10-22-21(23-11-9-19-8-5-14-27-19)24-16-20-7-3-4-13-28-20/h5,8,14-15,20H,3-4,6-7,9-13,16H2,1-2H3,(H2,22,23,24). The Balaban J connectivity index is 1.45. The van der Waals surface area contributed by atoms with Crippen molar-refractivity contribution in [2.24, 2.45) is 4.99 Å². The number of rotatable bonds is 9. The van der Waals surface area contributed by atoms with Crippen LogP contribution in [0.25, 0.3) is 0 Å². The van der Waals surface area contributed by atoms with E-state index in [1.54, 1.807) is 6.26 Å². The normalized spacial score (nSPS) is 17.6. The summed E-state index contributed by atoms with van der Waals surface area (Å²) < 4.78 is 13.3. The van der Waals surface area contributed by atoms with E-state index in [2.05, 4.69) is 33.4 Å². The van der Waals surface area contributed by atoms with E-state index >= 15 is 0 Å². The van der Waals surface area contributed by atoms with Gasteiger partial charge in [-0.15, -0.1) is 0 Å². The Morgan fingerprint density at radius 1 is 1.29 bits per heavy atom. The molecular formula is C21H33N5O2. The van der Waals surface area contributed by atoms with E-state index in [-0.39, 0.29) is 6.10 Å². The molecule has 1 atom stereocenters. The largest absolute Gasteiger partial charge is 0.469 e. The molecule has 0 bridgehead atoms. The third-order valence-electron chi connectivity index (χ3n) is 4.91. The molecule has 3 heterocycles. The summed E-state index contributed by atoms with van der Waals surface area (Å²) in [5, 5.41) is 11.4. The van der Waals surface area contributed by atoms with Crippen molar-refractivity contribution in [3.63, 3.8) is 0 Å². The summed E-state index contributed by atoms with van der Waals surface area (Å²) in [6.45, 7) is 8.21. The van der Waals surface area contributed by atoms with Crippen LogP contribution in [0.3, 0.4) is 0 Å². The highest BCUT2D eigenvalue weighted by molar-refractivity contribution is 5.79. The summed E-state index contributed by atoms with van der Waals surface area (Å²) in [4.78, 5) is 4.75. The zero-order valence-electron chi connectivity index (χ0n) is 17.1. The van der Waals surface area contributed by atoms with Crippen molar-refractivity contribution in [2.75, 3.05) is 26.2 Å². The molecule has 2 N–H and O–H groups in total. The lowest BCUT2D eigenvalue weighted by Crippen LogP contribution is -2.40. The van der Waals surface area contributed by atoms with Gasteiger partial charge in [-0.2, -0.15) is 5.10 Å². The van der Waals surface area contributed by atoms with Gasteiger partial charge in [-0.25, -0.2) is 0 Å². The van der Waals surface area contributed by atoms with E-state index < -0.39 is 0 Å². The van der Waals surface area contributed by atoms with Gasteiger partial charge in [0.1, 0.15) is 5.76 Å². The summed E-state index contributed by atoms with van der Waals surface area (Å²) in [6.07, 6.45) is 7.27. The molecule has 0 amide bonds. The molecule has 154 valence electrons. The molecule has 2 aromatic heterocycles. The monoisotopic (exact) mass is 387 g/mol. The second-order valence-corrected chi connectivity index (χ2v) is 7.36. The maximum absolute atomic E-state index is 5.80. The number of hydrogen-bond acceptors (Lipinski definition) is 4. The molecule has 1 fully saturated rings. The van der Waals surface area contributed by atoms with Crippen LogP contribution in [0.2, 0.25) is 0 Å². The molecule has 0 aromatic carbocycles. The molecular weight excluding hydrogens is 354 g/mol. The number of aryl methyl sites for hydroxylation is 3. The topological polar surface area (TPSA) is 76.6 Å². The van der Waals surface area contributed by atoms with Crippen LogP contribution < -0.4 is 10.6 Å². The second kappa shape index (κ2) is 10.9. The highest BCUT2D eigenvalue weighted by atomic mass is 16.5. The van der Waals surface area contributed by atoms with Crippen molar-refractivity contribution < 1.29 is 9.15 Å². The molecule has 0 aliphatic carbocycles. The van der Waals surface area contributed by atoms with E-state index in [0.717, 1.165) is 62.9 Å². The van der Waals surface area contributed by atoms with E-state index in [1.165, 1.54) is 18.5 Å².